The first-order valence-corrected chi connectivity index (χ1v) is 19.3. The summed E-state index contributed by atoms with van der Waals surface area (Å²) in [5.74, 6) is -0.138. The van der Waals surface area contributed by atoms with Crippen molar-refractivity contribution in [3.05, 3.63) is 35.9 Å². The summed E-state index contributed by atoms with van der Waals surface area (Å²) in [6, 6.07) is 8.67. The van der Waals surface area contributed by atoms with E-state index in [1.807, 2.05) is 30.3 Å². The largest absolute Gasteiger partial charge is 0.445 e. The van der Waals surface area contributed by atoms with Crippen molar-refractivity contribution in [2.75, 3.05) is 19.6 Å². The number of ether oxygens (including phenoxy) is 1. The minimum Gasteiger partial charge on any atom is -0.445 e. The van der Waals surface area contributed by atoms with Gasteiger partial charge in [0.15, 0.2) is 0 Å². The number of benzene rings is 1. The summed E-state index contributed by atoms with van der Waals surface area (Å²) in [6.07, 6.45) is 26.6. The van der Waals surface area contributed by atoms with Crippen LogP contribution in [-0.2, 0) is 16.1 Å². The van der Waals surface area contributed by atoms with Crippen LogP contribution in [0.15, 0.2) is 30.3 Å². The van der Waals surface area contributed by atoms with Gasteiger partial charge in [-0.2, -0.15) is 0 Å². The first-order chi connectivity index (χ1) is 23.1. The molecule has 0 aliphatic carbocycles. The maximum Gasteiger partial charge on any atom is 0.407 e. The molecule has 0 spiro atoms. The predicted octanol–water partition coefficient (Wildman–Crippen LogP) is 9.71. The monoisotopic (exact) mass is 659 g/mol. The molecular weight excluding hydrogens is 588 g/mol. The molecule has 0 heterocycles. The highest BCUT2D eigenvalue weighted by atomic mass is 16.5. The van der Waals surface area contributed by atoms with Crippen LogP contribution in [0, 0.1) is 0 Å². The maximum atomic E-state index is 13.0. The van der Waals surface area contributed by atoms with Gasteiger partial charge >= 0.3 is 12.1 Å². The number of nitrogens with one attached hydrogen (secondary N) is 4. The number of hydrogen-bond donors (Lipinski definition) is 4. The smallest absolute Gasteiger partial charge is 0.407 e. The molecule has 1 atom stereocenters. The lowest BCUT2D eigenvalue weighted by Gasteiger charge is -2.19. The fraction of sp³-hybridized carbons (Fsp3) is 0.769. The summed E-state index contributed by atoms with van der Waals surface area (Å²) in [7, 11) is 0. The van der Waals surface area contributed by atoms with Crippen molar-refractivity contribution in [2.24, 2.45) is 0 Å². The lowest BCUT2D eigenvalue weighted by atomic mass is 10.0. The predicted molar refractivity (Wildman–Crippen MR) is 196 cm³/mol. The van der Waals surface area contributed by atoms with E-state index in [0.29, 0.717) is 38.9 Å². The van der Waals surface area contributed by atoms with Gasteiger partial charge in [0.05, 0.1) is 0 Å². The van der Waals surface area contributed by atoms with Crippen LogP contribution in [0.3, 0.4) is 0 Å². The lowest BCUT2D eigenvalue weighted by Crippen LogP contribution is -2.50. The molecule has 4 N–H and O–H groups in total. The van der Waals surface area contributed by atoms with Crippen LogP contribution in [0.2, 0.25) is 0 Å². The molecular formula is C39H70N4O4. The van der Waals surface area contributed by atoms with E-state index in [9.17, 15) is 14.4 Å². The van der Waals surface area contributed by atoms with Crippen molar-refractivity contribution < 1.29 is 19.1 Å². The Hall–Kier alpha value is -2.77. The Kier molecular flexibility index (Phi) is 28.6. The Morgan fingerprint density at radius 3 is 1.53 bits per heavy atom. The SMILES string of the molecule is CCCCCCCCCCCCCCCCNC(=O)N[C@@H](CCCCNC(=O)OCc1ccccc1)C(=O)NCCCCCCCC. The number of urea groups is 1. The number of alkyl carbamates (subject to hydrolysis) is 1. The van der Waals surface area contributed by atoms with E-state index in [4.69, 9.17) is 4.74 Å². The van der Waals surface area contributed by atoms with Crippen molar-refractivity contribution in [1.29, 1.82) is 0 Å². The zero-order chi connectivity index (χ0) is 34.0. The topological polar surface area (TPSA) is 109 Å². The fourth-order valence-electron chi connectivity index (χ4n) is 5.68. The summed E-state index contributed by atoms with van der Waals surface area (Å²) in [4.78, 5) is 37.7. The summed E-state index contributed by atoms with van der Waals surface area (Å²) < 4.78 is 5.26. The van der Waals surface area contributed by atoms with Crippen LogP contribution in [0.4, 0.5) is 9.59 Å². The highest BCUT2D eigenvalue weighted by Gasteiger charge is 2.20. The van der Waals surface area contributed by atoms with E-state index >= 15 is 0 Å². The van der Waals surface area contributed by atoms with Gasteiger partial charge in [-0.05, 0) is 37.7 Å². The molecule has 0 saturated heterocycles. The van der Waals surface area contributed by atoms with Crippen molar-refractivity contribution >= 4 is 18.0 Å². The molecule has 8 nitrogen and oxygen atoms in total. The van der Waals surface area contributed by atoms with Gasteiger partial charge in [-0.3, -0.25) is 4.79 Å². The second-order valence-electron chi connectivity index (χ2n) is 13.1. The number of carbonyl (C=O) groups excluding carboxylic acids is 3. The molecule has 0 aliphatic heterocycles. The maximum absolute atomic E-state index is 13.0. The summed E-state index contributed by atoms with van der Waals surface area (Å²) in [5.41, 5.74) is 0.936. The molecule has 4 amide bonds. The first-order valence-electron chi connectivity index (χ1n) is 19.3. The van der Waals surface area contributed by atoms with E-state index in [1.165, 1.54) is 103 Å². The van der Waals surface area contributed by atoms with Gasteiger partial charge in [0, 0.05) is 19.6 Å². The molecule has 0 bridgehead atoms. The normalized spacial score (nSPS) is 11.5. The molecule has 8 heteroatoms. The molecule has 0 aromatic heterocycles. The summed E-state index contributed by atoms with van der Waals surface area (Å²) >= 11 is 0. The van der Waals surface area contributed by atoms with E-state index in [1.54, 1.807) is 0 Å². The molecule has 0 aliphatic rings. The van der Waals surface area contributed by atoms with Gasteiger partial charge in [-0.15, -0.1) is 0 Å². The number of hydrogen-bond acceptors (Lipinski definition) is 4. The van der Waals surface area contributed by atoms with Crippen molar-refractivity contribution in [3.63, 3.8) is 0 Å². The van der Waals surface area contributed by atoms with Crippen molar-refractivity contribution in [2.45, 2.75) is 174 Å². The molecule has 0 unspecified atom stereocenters. The second kappa shape index (κ2) is 31.8. The fourth-order valence-corrected chi connectivity index (χ4v) is 5.68. The average Bonchev–Trinajstić information content (AvgIpc) is 3.08. The van der Waals surface area contributed by atoms with Crippen LogP contribution >= 0.6 is 0 Å². The van der Waals surface area contributed by atoms with Gasteiger partial charge in [-0.25, -0.2) is 9.59 Å². The zero-order valence-corrected chi connectivity index (χ0v) is 30.2. The van der Waals surface area contributed by atoms with Crippen LogP contribution in [0.5, 0.6) is 0 Å². The molecule has 1 rings (SSSR count). The highest BCUT2D eigenvalue weighted by molar-refractivity contribution is 5.86. The number of unbranched alkanes of at least 4 members (excludes halogenated alkanes) is 19. The summed E-state index contributed by atoms with van der Waals surface area (Å²) in [5, 5.41) is 11.6. The van der Waals surface area contributed by atoms with Crippen molar-refractivity contribution in [3.8, 4) is 0 Å². The van der Waals surface area contributed by atoms with Crippen LogP contribution in [0.25, 0.3) is 0 Å². The molecule has 0 saturated carbocycles. The minimum atomic E-state index is -0.600. The van der Waals surface area contributed by atoms with E-state index in [2.05, 4.69) is 35.1 Å². The molecule has 270 valence electrons. The van der Waals surface area contributed by atoms with Gasteiger partial charge in [0.2, 0.25) is 5.91 Å². The van der Waals surface area contributed by atoms with Crippen LogP contribution in [-0.4, -0.2) is 43.7 Å². The standard InChI is InChI=1S/C39H70N4O4/c1-3-5-7-9-11-12-13-14-15-16-17-18-20-26-32-41-38(45)43-36(37(44)40-31-25-19-10-8-6-4-2)30-24-27-33-42-39(46)47-34-35-28-22-21-23-29-35/h21-23,28-29,36H,3-20,24-27,30-34H2,1-2H3,(H,40,44)(H,42,46)(H2,41,43,45)/t36-/m0/s1. The average molecular weight is 659 g/mol. The Bertz CT molecular complexity index is 883. The van der Waals surface area contributed by atoms with E-state index < -0.39 is 12.1 Å². The summed E-state index contributed by atoms with van der Waals surface area (Å²) in [6.45, 7) is 6.39. The Morgan fingerprint density at radius 2 is 1.00 bits per heavy atom. The molecule has 0 radical (unpaired) electrons. The molecule has 1 aromatic rings. The second-order valence-corrected chi connectivity index (χ2v) is 13.1. The third kappa shape index (κ3) is 26.9. The Morgan fingerprint density at radius 1 is 0.553 bits per heavy atom. The number of rotatable bonds is 31. The quantitative estimate of drug-likeness (QED) is 0.0596. The van der Waals surface area contributed by atoms with Gasteiger partial charge in [-0.1, -0.05) is 160 Å². The number of amides is 4. The Balaban J connectivity index is 2.24. The molecule has 0 fully saturated rings. The Labute approximate surface area is 287 Å². The number of carbonyl (C=O) groups is 3. The van der Waals surface area contributed by atoms with Crippen molar-refractivity contribution in [1.82, 2.24) is 21.3 Å². The van der Waals surface area contributed by atoms with Gasteiger partial charge in [0.1, 0.15) is 12.6 Å². The molecule has 1 aromatic carbocycles. The van der Waals surface area contributed by atoms with Gasteiger partial charge in [0.25, 0.3) is 0 Å². The molecule has 47 heavy (non-hydrogen) atoms. The lowest BCUT2D eigenvalue weighted by molar-refractivity contribution is -0.123. The van der Waals surface area contributed by atoms with Crippen LogP contribution < -0.4 is 21.3 Å². The van der Waals surface area contributed by atoms with E-state index in [0.717, 1.165) is 31.2 Å². The third-order valence-electron chi connectivity index (χ3n) is 8.67. The highest BCUT2D eigenvalue weighted by Crippen LogP contribution is 2.13. The minimum absolute atomic E-state index is 0.138. The zero-order valence-electron chi connectivity index (χ0n) is 30.2. The third-order valence-corrected chi connectivity index (χ3v) is 8.67. The first kappa shape index (κ1) is 42.3. The van der Waals surface area contributed by atoms with E-state index in [-0.39, 0.29) is 18.5 Å². The van der Waals surface area contributed by atoms with Gasteiger partial charge < -0.3 is 26.0 Å². The van der Waals surface area contributed by atoms with Crippen LogP contribution in [0.1, 0.15) is 167 Å².